The minimum Gasteiger partial charge on any atom is -0.466 e. The molecule has 0 aliphatic rings. The average molecular weight is 441 g/mol. The molecule has 0 saturated carbocycles. The third-order valence-electron chi connectivity index (χ3n) is 5.15. The van der Waals surface area contributed by atoms with Crippen LogP contribution in [0.4, 0.5) is 4.39 Å². The quantitative estimate of drug-likeness (QED) is 0.479. The van der Waals surface area contributed by atoms with E-state index >= 15 is 0 Å². The molecule has 170 valence electrons. The molecule has 6 nitrogen and oxygen atoms in total. The van der Waals surface area contributed by atoms with Gasteiger partial charge < -0.3 is 19.5 Å². The van der Waals surface area contributed by atoms with E-state index < -0.39 is 18.2 Å². The van der Waals surface area contributed by atoms with Crippen LogP contribution in [0.15, 0.2) is 48.7 Å². The Morgan fingerprint density at radius 1 is 1.22 bits per heavy atom. The van der Waals surface area contributed by atoms with E-state index in [1.54, 1.807) is 37.4 Å². The number of carbonyl (C=O) groups excluding carboxylic acids is 1. The summed E-state index contributed by atoms with van der Waals surface area (Å²) in [4.78, 5) is 16.1. The number of aliphatic hydroxyl groups is 2. The summed E-state index contributed by atoms with van der Waals surface area (Å²) in [6.07, 6.45) is 2.97. The van der Waals surface area contributed by atoms with Crippen molar-refractivity contribution in [2.45, 2.75) is 51.9 Å². The number of carbonyl (C=O) groups is 1. The van der Waals surface area contributed by atoms with Gasteiger partial charge in [0.1, 0.15) is 11.5 Å². The third-order valence-corrected chi connectivity index (χ3v) is 5.15. The number of hydrogen-bond acceptors (Lipinski definition) is 5. The molecular formula is C25H29FN2O4. The minimum absolute atomic E-state index is 0.00134. The maximum Gasteiger partial charge on any atom is 0.308 e. The van der Waals surface area contributed by atoms with E-state index in [0.29, 0.717) is 0 Å². The van der Waals surface area contributed by atoms with Gasteiger partial charge >= 0.3 is 5.97 Å². The van der Waals surface area contributed by atoms with Crippen molar-refractivity contribution >= 4 is 23.1 Å². The normalized spacial score (nSPS) is 13.7. The summed E-state index contributed by atoms with van der Waals surface area (Å²) in [5.41, 5.74) is 3.33. The molecule has 0 fully saturated rings. The highest BCUT2D eigenvalue weighted by atomic mass is 19.1. The lowest BCUT2D eigenvalue weighted by Crippen LogP contribution is -2.20. The standard InChI is InChI=1S/C25H29FN2O4/c1-4-32-23(31)15-20(30)14-19(29)11-12-22-24(17-7-9-18(26)10-8-17)21-6-5-13-27-25(21)28(22)16(2)3/h5-13,16,19-20,29-30H,4,14-15H2,1-3H3/b12-11+. The van der Waals surface area contributed by atoms with Crippen molar-refractivity contribution < 1.29 is 24.1 Å². The second-order valence-electron chi connectivity index (χ2n) is 7.93. The number of rotatable bonds is 9. The van der Waals surface area contributed by atoms with Crippen molar-refractivity contribution in [2.75, 3.05) is 6.61 Å². The number of esters is 1. The van der Waals surface area contributed by atoms with Crippen LogP contribution in [-0.2, 0) is 9.53 Å². The number of hydrogen-bond donors (Lipinski definition) is 2. The van der Waals surface area contributed by atoms with Crippen LogP contribution in [0, 0.1) is 5.82 Å². The van der Waals surface area contributed by atoms with E-state index in [1.165, 1.54) is 12.1 Å². The van der Waals surface area contributed by atoms with Crippen LogP contribution in [0.2, 0.25) is 0 Å². The molecule has 2 atom stereocenters. The molecule has 1 aromatic carbocycles. The Morgan fingerprint density at radius 3 is 2.59 bits per heavy atom. The summed E-state index contributed by atoms with van der Waals surface area (Å²) in [7, 11) is 0. The van der Waals surface area contributed by atoms with Gasteiger partial charge in [-0.15, -0.1) is 0 Å². The largest absolute Gasteiger partial charge is 0.466 e. The van der Waals surface area contributed by atoms with Crippen LogP contribution in [0.5, 0.6) is 0 Å². The van der Waals surface area contributed by atoms with Crippen molar-refractivity contribution in [3.05, 3.63) is 60.2 Å². The summed E-state index contributed by atoms with van der Waals surface area (Å²) >= 11 is 0. The molecule has 3 rings (SSSR count). The van der Waals surface area contributed by atoms with E-state index in [9.17, 15) is 19.4 Å². The molecular weight excluding hydrogens is 411 g/mol. The second-order valence-corrected chi connectivity index (χ2v) is 7.93. The molecule has 2 N–H and O–H groups in total. The fraction of sp³-hybridized carbons (Fsp3) is 0.360. The van der Waals surface area contributed by atoms with E-state index in [-0.39, 0.29) is 31.3 Å². The van der Waals surface area contributed by atoms with Gasteiger partial charge in [-0.1, -0.05) is 18.2 Å². The van der Waals surface area contributed by atoms with Gasteiger partial charge in [-0.25, -0.2) is 9.37 Å². The number of benzene rings is 1. The lowest BCUT2D eigenvalue weighted by atomic mass is 10.0. The van der Waals surface area contributed by atoms with Crippen LogP contribution in [0.1, 0.15) is 45.3 Å². The summed E-state index contributed by atoms with van der Waals surface area (Å²) in [5.74, 6) is -0.816. The first-order valence-corrected chi connectivity index (χ1v) is 10.8. The average Bonchev–Trinajstić information content (AvgIpc) is 3.07. The third kappa shape index (κ3) is 5.41. The van der Waals surface area contributed by atoms with Crippen molar-refractivity contribution in [3.8, 4) is 11.1 Å². The monoisotopic (exact) mass is 440 g/mol. The zero-order valence-corrected chi connectivity index (χ0v) is 18.5. The number of nitrogens with zero attached hydrogens (tertiary/aromatic N) is 2. The van der Waals surface area contributed by atoms with Gasteiger partial charge in [0.2, 0.25) is 0 Å². The molecule has 0 bridgehead atoms. The van der Waals surface area contributed by atoms with Crippen LogP contribution in [0.3, 0.4) is 0 Å². The molecule has 0 amide bonds. The van der Waals surface area contributed by atoms with E-state index in [2.05, 4.69) is 9.55 Å². The smallest absolute Gasteiger partial charge is 0.308 e. The first kappa shape index (κ1) is 23.6. The Balaban J connectivity index is 1.97. The lowest BCUT2D eigenvalue weighted by molar-refractivity contribution is -0.145. The molecule has 2 unspecified atom stereocenters. The summed E-state index contributed by atoms with van der Waals surface area (Å²) < 4.78 is 20.4. The zero-order chi connectivity index (χ0) is 23.3. The van der Waals surface area contributed by atoms with Gasteiger partial charge in [-0.3, -0.25) is 4.79 Å². The number of aliphatic hydroxyl groups excluding tert-OH is 2. The van der Waals surface area contributed by atoms with Crippen LogP contribution < -0.4 is 0 Å². The van der Waals surface area contributed by atoms with Crippen molar-refractivity contribution in [3.63, 3.8) is 0 Å². The number of pyridine rings is 1. The van der Waals surface area contributed by atoms with Crippen LogP contribution in [-0.4, -0.2) is 44.5 Å². The lowest BCUT2D eigenvalue weighted by Gasteiger charge is -2.15. The Hall–Kier alpha value is -3.03. The van der Waals surface area contributed by atoms with Gasteiger partial charge in [0, 0.05) is 29.6 Å². The molecule has 2 aromatic heterocycles. The molecule has 0 aliphatic heterocycles. The topological polar surface area (TPSA) is 84.6 Å². The highest BCUT2D eigenvalue weighted by Gasteiger charge is 2.20. The molecule has 32 heavy (non-hydrogen) atoms. The summed E-state index contributed by atoms with van der Waals surface area (Å²) in [5, 5.41) is 21.5. The highest BCUT2D eigenvalue weighted by molar-refractivity contribution is 5.99. The first-order chi connectivity index (χ1) is 15.3. The number of ether oxygens (including phenoxy) is 1. The highest BCUT2D eigenvalue weighted by Crippen LogP contribution is 2.37. The Kier molecular flexibility index (Phi) is 7.77. The van der Waals surface area contributed by atoms with Gasteiger partial charge in [0.15, 0.2) is 0 Å². The van der Waals surface area contributed by atoms with Crippen molar-refractivity contribution in [2.24, 2.45) is 0 Å². The molecule has 3 aromatic rings. The number of halogens is 1. The summed E-state index contributed by atoms with van der Waals surface area (Å²) in [6, 6.07) is 10.2. The maximum atomic E-state index is 13.5. The number of fused-ring (bicyclic) bond motifs is 1. The SMILES string of the molecule is CCOC(=O)CC(O)CC(O)/C=C/c1c(-c2ccc(F)cc2)c2cccnc2n1C(C)C. The molecule has 0 aliphatic carbocycles. The molecule has 0 spiro atoms. The van der Waals surface area contributed by atoms with Gasteiger partial charge in [0.05, 0.1) is 30.9 Å². The molecule has 0 saturated heterocycles. The van der Waals surface area contributed by atoms with E-state index in [0.717, 1.165) is 27.9 Å². The Bertz CT molecular complexity index is 1090. The fourth-order valence-corrected chi connectivity index (χ4v) is 3.82. The summed E-state index contributed by atoms with van der Waals surface area (Å²) in [6.45, 7) is 6.02. The second kappa shape index (κ2) is 10.5. The van der Waals surface area contributed by atoms with Crippen molar-refractivity contribution in [1.29, 1.82) is 0 Å². The predicted molar refractivity (Wildman–Crippen MR) is 122 cm³/mol. The van der Waals surface area contributed by atoms with Gasteiger partial charge in [-0.05, 0) is 56.7 Å². The van der Waals surface area contributed by atoms with E-state index in [4.69, 9.17) is 4.74 Å². The minimum atomic E-state index is -1.01. The molecule has 0 radical (unpaired) electrons. The van der Waals surface area contributed by atoms with Gasteiger partial charge in [-0.2, -0.15) is 0 Å². The van der Waals surface area contributed by atoms with Crippen LogP contribution in [0.25, 0.3) is 28.2 Å². The van der Waals surface area contributed by atoms with E-state index in [1.807, 2.05) is 26.0 Å². The zero-order valence-electron chi connectivity index (χ0n) is 18.5. The Morgan fingerprint density at radius 2 is 1.94 bits per heavy atom. The molecule has 7 heteroatoms. The predicted octanol–water partition coefficient (Wildman–Crippen LogP) is 4.50. The fourth-order valence-electron chi connectivity index (χ4n) is 3.82. The Labute approximate surface area is 187 Å². The number of aromatic nitrogens is 2. The van der Waals surface area contributed by atoms with Crippen molar-refractivity contribution in [1.82, 2.24) is 9.55 Å². The first-order valence-electron chi connectivity index (χ1n) is 10.8. The van der Waals surface area contributed by atoms with Gasteiger partial charge in [0.25, 0.3) is 0 Å². The molecule has 2 heterocycles. The van der Waals surface area contributed by atoms with Crippen LogP contribution >= 0.6 is 0 Å². The maximum absolute atomic E-state index is 13.5.